The van der Waals surface area contributed by atoms with E-state index in [0.29, 0.717) is 24.9 Å². The molecule has 3 unspecified atom stereocenters. The highest BCUT2D eigenvalue weighted by Crippen LogP contribution is 2.23. The van der Waals surface area contributed by atoms with Crippen LogP contribution in [0, 0.1) is 0 Å². The van der Waals surface area contributed by atoms with Crippen molar-refractivity contribution in [3.05, 3.63) is 30.3 Å². The van der Waals surface area contributed by atoms with Crippen molar-refractivity contribution in [2.45, 2.75) is 81.0 Å². The van der Waals surface area contributed by atoms with Crippen LogP contribution >= 0.6 is 27.5 Å². The standard InChI is InChI=1S/C23H33BrClNO5/c1-3-4-5-6-10-13-18(14-15-19(25)22(24)23(29)30-2)31-21(28)16-20(27)26-17-11-8-7-9-12-17/h7-9,11-12,18-19,22H,3-6,10,13-16H2,1-2H3,(H,26,27). The van der Waals surface area contributed by atoms with E-state index in [1.54, 1.807) is 24.3 Å². The molecule has 6 nitrogen and oxygen atoms in total. The van der Waals surface area contributed by atoms with Crippen LogP contribution in [0.5, 0.6) is 0 Å². The number of anilines is 1. The summed E-state index contributed by atoms with van der Waals surface area (Å²) in [6.45, 7) is 2.16. The molecule has 1 aromatic rings. The fourth-order valence-corrected chi connectivity index (χ4v) is 3.75. The van der Waals surface area contributed by atoms with Crippen molar-refractivity contribution in [2.75, 3.05) is 12.4 Å². The summed E-state index contributed by atoms with van der Waals surface area (Å²) in [6, 6.07) is 8.95. The number of carbonyl (C=O) groups is 3. The Balaban J connectivity index is 2.55. The van der Waals surface area contributed by atoms with Gasteiger partial charge in [-0.05, 0) is 37.8 Å². The summed E-state index contributed by atoms with van der Waals surface area (Å²) in [6.07, 6.45) is 6.43. The van der Waals surface area contributed by atoms with Crippen LogP contribution in [0.3, 0.4) is 0 Å². The Morgan fingerprint density at radius 1 is 1.03 bits per heavy atom. The van der Waals surface area contributed by atoms with E-state index in [4.69, 9.17) is 21.1 Å². The van der Waals surface area contributed by atoms with E-state index in [1.807, 2.05) is 6.07 Å². The molecule has 1 rings (SSSR count). The predicted molar refractivity (Wildman–Crippen MR) is 127 cm³/mol. The smallest absolute Gasteiger partial charge is 0.320 e. The third-order valence-electron chi connectivity index (χ3n) is 4.80. The quantitative estimate of drug-likeness (QED) is 0.141. The van der Waals surface area contributed by atoms with Gasteiger partial charge in [-0.15, -0.1) is 11.6 Å². The Morgan fingerprint density at radius 2 is 1.71 bits per heavy atom. The van der Waals surface area contributed by atoms with Crippen molar-refractivity contribution < 1.29 is 23.9 Å². The minimum atomic E-state index is -0.628. The molecule has 1 aromatic carbocycles. The second kappa shape index (κ2) is 16.1. The van der Waals surface area contributed by atoms with Gasteiger partial charge in [0.15, 0.2) is 0 Å². The van der Waals surface area contributed by atoms with Crippen LogP contribution in [-0.2, 0) is 23.9 Å². The zero-order chi connectivity index (χ0) is 23.1. The number of esters is 2. The van der Waals surface area contributed by atoms with Crippen molar-refractivity contribution in [1.82, 2.24) is 0 Å². The minimum Gasteiger partial charge on any atom is -0.468 e. The van der Waals surface area contributed by atoms with Gasteiger partial charge in [0.1, 0.15) is 17.4 Å². The van der Waals surface area contributed by atoms with Gasteiger partial charge < -0.3 is 14.8 Å². The molecule has 8 heteroatoms. The molecule has 0 saturated carbocycles. The Bertz CT molecular complexity index is 673. The van der Waals surface area contributed by atoms with Crippen LogP contribution in [-0.4, -0.2) is 41.3 Å². The number of para-hydroxylation sites is 1. The monoisotopic (exact) mass is 517 g/mol. The average molecular weight is 519 g/mol. The Morgan fingerprint density at radius 3 is 2.35 bits per heavy atom. The molecule has 0 saturated heterocycles. The van der Waals surface area contributed by atoms with E-state index >= 15 is 0 Å². The number of hydrogen-bond acceptors (Lipinski definition) is 5. The molecule has 0 bridgehead atoms. The number of unbranched alkanes of at least 4 members (excludes halogenated alkanes) is 4. The number of benzene rings is 1. The highest BCUT2D eigenvalue weighted by molar-refractivity contribution is 9.10. The first-order valence-electron chi connectivity index (χ1n) is 10.8. The number of rotatable bonds is 15. The second-order valence-corrected chi connectivity index (χ2v) is 8.97. The molecule has 0 aliphatic rings. The van der Waals surface area contributed by atoms with Gasteiger partial charge in [-0.3, -0.25) is 14.4 Å². The summed E-state index contributed by atoms with van der Waals surface area (Å²) in [7, 11) is 1.31. The molecule has 0 spiro atoms. The Kier molecular flexibility index (Phi) is 14.2. The lowest BCUT2D eigenvalue weighted by molar-refractivity contribution is -0.151. The van der Waals surface area contributed by atoms with Gasteiger partial charge in [0.2, 0.25) is 5.91 Å². The van der Waals surface area contributed by atoms with Gasteiger partial charge in [-0.25, -0.2) is 0 Å². The van der Waals surface area contributed by atoms with Crippen LogP contribution in [0.25, 0.3) is 0 Å². The molecule has 0 heterocycles. The van der Waals surface area contributed by atoms with Gasteiger partial charge >= 0.3 is 11.9 Å². The van der Waals surface area contributed by atoms with Crippen molar-refractivity contribution in [1.29, 1.82) is 0 Å². The maximum absolute atomic E-state index is 12.3. The zero-order valence-corrected chi connectivity index (χ0v) is 20.6. The Hall–Kier alpha value is -1.60. The molecule has 1 N–H and O–H groups in total. The van der Waals surface area contributed by atoms with Gasteiger partial charge in [0, 0.05) is 5.69 Å². The molecule has 0 radical (unpaired) electrons. The first kappa shape index (κ1) is 27.4. The first-order chi connectivity index (χ1) is 14.9. The van der Waals surface area contributed by atoms with Crippen LogP contribution in [0.15, 0.2) is 30.3 Å². The van der Waals surface area contributed by atoms with Crippen LogP contribution in [0.4, 0.5) is 5.69 Å². The number of amides is 1. The summed E-state index contributed by atoms with van der Waals surface area (Å²) in [5.74, 6) is -1.42. The lowest BCUT2D eigenvalue weighted by Crippen LogP contribution is -2.28. The third kappa shape index (κ3) is 12.1. The molecule has 0 fully saturated rings. The van der Waals surface area contributed by atoms with Gasteiger partial charge in [0.25, 0.3) is 0 Å². The summed E-state index contributed by atoms with van der Waals surface area (Å²) in [5, 5.41) is 2.19. The highest BCUT2D eigenvalue weighted by Gasteiger charge is 2.26. The number of nitrogens with one attached hydrogen (secondary N) is 1. The largest absolute Gasteiger partial charge is 0.468 e. The zero-order valence-electron chi connectivity index (χ0n) is 18.3. The van der Waals surface area contributed by atoms with Crippen molar-refractivity contribution in [3.8, 4) is 0 Å². The van der Waals surface area contributed by atoms with E-state index in [1.165, 1.54) is 13.5 Å². The van der Waals surface area contributed by atoms with Crippen LogP contribution in [0.2, 0.25) is 0 Å². The van der Waals surface area contributed by atoms with Crippen molar-refractivity contribution >= 4 is 51.1 Å². The summed E-state index contributed by atoms with van der Waals surface area (Å²) < 4.78 is 10.3. The fraction of sp³-hybridized carbons (Fsp3) is 0.609. The van der Waals surface area contributed by atoms with E-state index in [0.717, 1.165) is 25.7 Å². The topological polar surface area (TPSA) is 81.7 Å². The first-order valence-corrected chi connectivity index (χ1v) is 12.1. The predicted octanol–water partition coefficient (Wildman–Crippen LogP) is 5.61. The van der Waals surface area contributed by atoms with E-state index in [-0.39, 0.29) is 12.5 Å². The lowest BCUT2D eigenvalue weighted by atomic mass is 10.0. The number of alkyl halides is 2. The van der Waals surface area contributed by atoms with Crippen LogP contribution in [0.1, 0.15) is 64.7 Å². The van der Waals surface area contributed by atoms with E-state index < -0.39 is 28.1 Å². The highest BCUT2D eigenvalue weighted by atomic mass is 79.9. The number of ether oxygens (including phenoxy) is 2. The molecule has 0 aliphatic carbocycles. The lowest BCUT2D eigenvalue weighted by Gasteiger charge is -2.21. The van der Waals surface area contributed by atoms with Crippen LogP contribution < -0.4 is 5.32 Å². The van der Waals surface area contributed by atoms with Crippen molar-refractivity contribution in [3.63, 3.8) is 0 Å². The van der Waals surface area contributed by atoms with E-state index in [2.05, 4.69) is 28.2 Å². The number of halogens is 2. The molecule has 3 atom stereocenters. The Labute approximate surface area is 198 Å². The van der Waals surface area contributed by atoms with E-state index in [9.17, 15) is 14.4 Å². The number of methoxy groups -OCH3 is 1. The SMILES string of the molecule is CCCCCCCC(CCC(Cl)C(Br)C(=O)OC)OC(=O)CC(=O)Nc1ccccc1. The fourth-order valence-electron chi connectivity index (χ4n) is 3.07. The molecular formula is C23H33BrClNO5. The average Bonchev–Trinajstić information content (AvgIpc) is 2.76. The third-order valence-corrected chi connectivity index (χ3v) is 6.59. The molecule has 0 aromatic heterocycles. The number of hydrogen-bond donors (Lipinski definition) is 1. The van der Waals surface area contributed by atoms with Crippen molar-refractivity contribution in [2.24, 2.45) is 0 Å². The molecular weight excluding hydrogens is 486 g/mol. The summed E-state index contributed by atoms with van der Waals surface area (Å²) in [5.41, 5.74) is 0.629. The normalized spacial score (nSPS) is 13.7. The van der Waals surface area contributed by atoms with Gasteiger partial charge in [-0.2, -0.15) is 0 Å². The van der Waals surface area contributed by atoms with Gasteiger partial charge in [0.05, 0.1) is 12.5 Å². The molecule has 31 heavy (non-hydrogen) atoms. The maximum atomic E-state index is 12.3. The molecule has 0 aliphatic heterocycles. The summed E-state index contributed by atoms with van der Waals surface area (Å²) in [4.78, 5) is 35.4. The second-order valence-electron chi connectivity index (χ2n) is 7.42. The summed E-state index contributed by atoms with van der Waals surface area (Å²) >= 11 is 9.56. The minimum absolute atomic E-state index is 0.350. The maximum Gasteiger partial charge on any atom is 0.320 e. The number of carbonyl (C=O) groups excluding carboxylic acids is 3. The van der Waals surface area contributed by atoms with Gasteiger partial charge in [-0.1, -0.05) is 66.7 Å². The molecule has 1 amide bonds. The molecule has 174 valence electrons.